The van der Waals surface area contributed by atoms with Gasteiger partial charge in [0.15, 0.2) is 0 Å². The average Bonchev–Trinajstić information content (AvgIpc) is 2.61. The van der Waals surface area contributed by atoms with Gasteiger partial charge in [-0.2, -0.15) is 0 Å². The molecule has 0 fully saturated rings. The molecule has 15 heavy (non-hydrogen) atoms. The molecule has 0 spiro atoms. The molecular weight excluding hydrogens is 192 g/mol. The topological polar surface area (TPSA) is 75.9 Å². The van der Waals surface area contributed by atoms with Crippen molar-refractivity contribution in [3.8, 4) is 0 Å². The first-order valence-electron chi connectivity index (χ1n) is 4.59. The van der Waals surface area contributed by atoms with Crippen LogP contribution < -0.4 is 5.73 Å². The number of amidine groups is 1. The van der Waals surface area contributed by atoms with Gasteiger partial charge in [-0.25, -0.2) is 4.98 Å². The standard InChI is InChI=1S/C10H12N4O/c1-7-2-3-10-12-5-8(14(10)6-7)4-9(11)13-15/h2-3,5-6,15H,4H2,1H3,(H2,11,13). The zero-order chi connectivity index (χ0) is 10.8. The molecule has 78 valence electrons. The highest BCUT2D eigenvalue weighted by Gasteiger charge is 2.05. The van der Waals surface area contributed by atoms with E-state index < -0.39 is 0 Å². The summed E-state index contributed by atoms with van der Waals surface area (Å²) in [7, 11) is 0. The van der Waals surface area contributed by atoms with Crippen LogP contribution in [0, 0.1) is 6.92 Å². The van der Waals surface area contributed by atoms with Gasteiger partial charge in [-0.05, 0) is 18.6 Å². The van der Waals surface area contributed by atoms with Crippen LogP contribution in [-0.4, -0.2) is 20.4 Å². The lowest BCUT2D eigenvalue weighted by Crippen LogP contribution is -2.15. The molecule has 0 amide bonds. The molecule has 0 aliphatic carbocycles. The van der Waals surface area contributed by atoms with E-state index in [0.29, 0.717) is 6.42 Å². The molecule has 0 saturated heterocycles. The molecule has 5 nitrogen and oxygen atoms in total. The van der Waals surface area contributed by atoms with E-state index in [0.717, 1.165) is 16.9 Å². The predicted molar refractivity (Wildman–Crippen MR) is 57.0 cm³/mol. The number of nitrogens with two attached hydrogens (primary N) is 1. The van der Waals surface area contributed by atoms with E-state index >= 15 is 0 Å². The number of nitrogens with zero attached hydrogens (tertiary/aromatic N) is 3. The van der Waals surface area contributed by atoms with Crippen molar-refractivity contribution in [3.05, 3.63) is 35.8 Å². The lowest BCUT2D eigenvalue weighted by molar-refractivity contribution is 0.317. The summed E-state index contributed by atoms with van der Waals surface area (Å²) >= 11 is 0. The lowest BCUT2D eigenvalue weighted by atomic mass is 10.3. The Bertz CT molecular complexity index is 515. The molecule has 2 aromatic heterocycles. The Labute approximate surface area is 86.8 Å². The van der Waals surface area contributed by atoms with Gasteiger partial charge in [-0.3, -0.25) is 0 Å². The first-order chi connectivity index (χ1) is 7.20. The number of imidazole rings is 1. The van der Waals surface area contributed by atoms with Gasteiger partial charge in [-0.1, -0.05) is 11.2 Å². The maximum atomic E-state index is 8.49. The SMILES string of the molecule is Cc1ccc2ncc(C/C(N)=N/O)n2c1. The fraction of sp³-hybridized carbons (Fsp3) is 0.200. The Morgan fingerprint density at radius 1 is 1.60 bits per heavy atom. The molecule has 0 radical (unpaired) electrons. The van der Waals surface area contributed by atoms with E-state index in [4.69, 9.17) is 10.9 Å². The van der Waals surface area contributed by atoms with Crippen molar-refractivity contribution >= 4 is 11.5 Å². The van der Waals surface area contributed by atoms with Crippen LogP contribution in [-0.2, 0) is 6.42 Å². The Morgan fingerprint density at radius 3 is 3.13 bits per heavy atom. The first-order valence-corrected chi connectivity index (χ1v) is 4.59. The zero-order valence-electron chi connectivity index (χ0n) is 8.38. The molecule has 2 heterocycles. The van der Waals surface area contributed by atoms with Crippen LogP contribution in [0.5, 0.6) is 0 Å². The number of hydrogen-bond acceptors (Lipinski definition) is 3. The Hall–Kier alpha value is -2.04. The number of fused-ring (bicyclic) bond motifs is 1. The number of oxime groups is 1. The molecular formula is C10H12N4O. The van der Waals surface area contributed by atoms with Gasteiger partial charge in [0.2, 0.25) is 0 Å². The summed E-state index contributed by atoms with van der Waals surface area (Å²) in [5, 5.41) is 11.4. The van der Waals surface area contributed by atoms with Crippen LogP contribution in [0.2, 0.25) is 0 Å². The summed E-state index contributed by atoms with van der Waals surface area (Å²) in [6.07, 6.45) is 4.09. The molecule has 0 unspecified atom stereocenters. The normalized spacial score (nSPS) is 12.2. The van der Waals surface area contributed by atoms with Crippen LogP contribution in [0.25, 0.3) is 5.65 Å². The molecule has 0 bridgehead atoms. The average molecular weight is 204 g/mol. The molecule has 0 saturated carbocycles. The molecule has 3 N–H and O–H groups in total. The molecule has 2 rings (SSSR count). The maximum Gasteiger partial charge on any atom is 0.145 e. The second-order valence-electron chi connectivity index (χ2n) is 3.45. The summed E-state index contributed by atoms with van der Waals surface area (Å²) in [6.45, 7) is 2.01. The monoisotopic (exact) mass is 204 g/mol. The largest absolute Gasteiger partial charge is 0.409 e. The zero-order valence-corrected chi connectivity index (χ0v) is 8.38. The predicted octanol–water partition coefficient (Wildman–Crippen LogP) is 0.932. The third-order valence-corrected chi connectivity index (χ3v) is 2.22. The van der Waals surface area contributed by atoms with Gasteiger partial charge in [0.1, 0.15) is 11.5 Å². The van der Waals surface area contributed by atoms with Gasteiger partial charge < -0.3 is 15.3 Å². The van der Waals surface area contributed by atoms with Crippen LogP contribution in [0.1, 0.15) is 11.3 Å². The Kier molecular flexibility index (Phi) is 2.29. The highest BCUT2D eigenvalue weighted by atomic mass is 16.4. The number of hydrogen-bond donors (Lipinski definition) is 2. The van der Waals surface area contributed by atoms with Crippen LogP contribution in [0.3, 0.4) is 0 Å². The number of aromatic nitrogens is 2. The maximum absolute atomic E-state index is 8.49. The minimum Gasteiger partial charge on any atom is -0.409 e. The lowest BCUT2D eigenvalue weighted by Gasteiger charge is -2.01. The molecule has 0 aliphatic rings. The van der Waals surface area contributed by atoms with Crippen molar-refractivity contribution in [3.63, 3.8) is 0 Å². The summed E-state index contributed by atoms with van der Waals surface area (Å²) in [6, 6.07) is 3.93. The van der Waals surface area contributed by atoms with E-state index in [1.165, 1.54) is 0 Å². The van der Waals surface area contributed by atoms with Crippen molar-refractivity contribution in [2.45, 2.75) is 13.3 Å². The third-order valence-electron chi connectivity index (χ3n) is 2.22. The minimum atomic E-state index is 0.179. The van der Waals surface area contributed by atoms with Crippen molar-refractivity contribution in [2.75, 3.05) is 0 Å². The highest BCUT2D eigenvalue weighted by molar-refractivity contribution is 5.81. The van der Waals surface area contributed by atoms with E-state index in [9.17, 15) is 0 Å². The van der Waals surface area contributed by atoms with Gasteiger partial charge in [0, 0.05) is 12.4 Å². The smallest absolute Gasteiger partial charge is 0.145 e. The van der Waals surface area contributed by atoms with Gasteiger partial charge >= 0.3 is 0 Å². The highest BCUT2D eigenvalue weighted by Crippen LogP contribution is 2.09. The third kappa shape index (κ3) is 1.76. The van der Waals surface area contributed by atoms with Crippen molar-refractivity contribution in [2.24, 2.45) is 10.9 Å². The van der Waals surface area contributed by atoms with E-state index in [2.05, 4.69) is 10.1 Å². The first kappa shape index (κ1) is 9.51. The Morgan fingerprint density at radius 2 is 2.40 bits per heavy atom. The fourth-order valence-electron chi connectivity index (χ4n) is 1.49. The summed E-state index contributed by atoms with van der Waals surface area (Å²) in [5.74, 6) is 0.179. The minimum absolute atomic E-state index is 0.179. The van der Waals surface area contributed by atoms with Crippen LogP contribution in [0.4, 0.5) is 0 Å². The number of rotatable bonds is 2. The van der Waals surface area contributed by atoms with E-state index in [1.807, 2.05) is 29.7 Å². The fourth-order valence-corrected chi connectivity index (χ4v) is 1.49. The second-order valence-corrected chi connectivity index (χ2v) is 3.45. The van der Waals surface area contributed by atoms with Gasteiger partial charge in [0.25, 0.3) is 0 Å². The molecule has 5 heteroatoms. The van der Waals surface area contributed by atoms with Gasteiger partial charge in [-0.15, -0.1) is 0 Å². The number of pyridine rings is 1. The molecule has 0 atom stereocenters. The summed E-state index contributed by atoms with van der Waals surface area (Å²) < 4.78 is 1.94. The second kappa shape index (κ2) is 3.61. The van der Waals surface area contributed by atoms with E-state index in [-0.39, 0.29) is 5.84 Å². The quantitative estimate of drug-likeness (QED) is 0.331. The van der Waals surface area contributed by atoms with Crippen molar-refractivity contribution < 1.29 is 5.21 Å². The van der Waals surface area contributed by atoms with Gasteiger partial charge in [0.05, 0.1) is 12.1 Å². The number of aryl methyl sites for hydroxylation is 1. The summed E-state index contributed by atoms with van der Waals surface area (Å²) in [5.41, 5.74) is 8.36. The van der Waals surface area contributed by atoms with Crippen molar-refractivity contribution in [1.29, 1.82) is 0 Å². The van der Waals surface area contributed by atoms with Crippen LogP contribution >= 0.6 is 0 Å². The van der Waals surface area contributed by atoms with Crippen LogP contribution in [0.15, 0.2) is 29.7 Å². The molecule has 0 aliphatic heterocycles. The molecule has 2 aromatic rings. The summed E-state index contributed by atoms with van der Waals surface area (Å²) in [4.78, 5) is 4.22. The van der Waals surface area contributed by atoms with E-state index in [1.54, 1.807) is 6.20 Å². The Balaban J connectivity index is 2.48. The molecule has 0 aromatic carbocycles. The van der Waals surface area contributed by atoms with Crippen molar-refractivity contribution in [1.82, 2.24) is 9.38 Å².